The predicted octanol–water partition coefficient (Wildman–Crippen LogP) is 0.833. The van der Waals surface area contributed by atoms with E-state index in [1.54, 1.807) is 7.11 Å². The summed E-state index contributed by atoms with van der Waals surface area (Å²) >= 11 is 0. The van der Waals surface area contributed by atoms with Gasteiger partial charge >= 0.3 is 0 Å². The van der Waals surface area contributed by atoms with E-state index in [-0.39, 0.29) is 17.7 Å². The Morgan fingerprint density at radius 3 is 2.46 bits per heavy atom. The summed E-state index contributed by atoms with van der Waals surface area (Å²) in [5, 5.41) is 0. The molecular formula is C10H22N2O. The van der Waals surface area contributed by atoms with E-state index in [0.717, 1.165) is 19.5 Å². The fourth-order valence-electron chi connectivity index (χ4n) is 1.79. The van der Waals surface area contributed by atoms with E-state index in [2.05, 4.69) is 25.7 Å². The van der Waals surface area contributed by atoms with Crippen LogP contribution in [0.1, 0.15) is 27.2 Å². The monoisotopic (exact) mass is 186 g/mol. The van der Waals surface area contributed by atoms with Gasteiger partial charge in [-0.05, 0) is 27.2 Å². The second-order valence-corrected chi connectivity index (χ2v) is 4.84. The maximum absolute atomic E-state index is 5.94. The molecule has 0 spiro atoms. The zero-order valence-electron chi connectivity index (χ0n) is 9.21. The lowest BCUT2D eigenvalue weighted by molar-refractivity contribution is -0.0150. The van der Waals surface area contributed by atoms with Crippen LogP contribution in [0.25, 0.3) is 0 Å². The molecule has 1 heterocycles. The lowest BCUT2D eigenvalue weighted by atomic mass is 9.96. The number of ether oxygens (including phenoxy) is 1. The second-order valence-electron chi connectivity index (χ2n) is 4.84. The Balaban J connectivity index is 2.55. The zero-order valence-corrected chi connectivity index (χ0v) is 9.21. The molecule has 1 fully saturated rings. The smallest absolute Gasteiger partial charge is 0.0849 e. The van der Waals surface area contributed by atoms with Crippen LogP contribution in [0.4, 0.5) is 0 Å². The van der Waals surface area contributed by atoms with Gasteiger partial charge in [0, 0.05) is 31.8 Å². The molecule has 1 aliphatic heterocycles. The first-order valence-electron chi connectivity index (χ1n) is 4.98. The number of piperidine rings is 1. The minimum absolute atomic E-state index is 0.202. The van der Waals surface area contributed by atoms with E-state index in [9.17, 15) is 0 Å². The summed E-state index contributed by atoms with van der Waals surface area (Å²) in [5.74, 6) is 0. The molecule has 0 radical (unpaired) electrons. The van der Waals surface area contributed by atoms with E-state index < -0.39 is 0 Å². The zero-order chi connectivity index (χ0) is 10.1. The van der Waals surface area contributed by atoms with Crippen molar-refractivity contribution in [2.75, 3.05) is 20.2 Å². The highest BCUT2D eigenvalue weighted by Crippen LogP contribution is 2.20. The van der Waals surface area contributed by atoms with Gasteiger partial charge in [0.1, 0.15) is 0 Å². The highest BCUT2D eigenvalue weighted by molar-refractivity contribution is 4.88. The SMILES string of the molecule is COC1CN(C(C)(C)C)CCC1N. The van der Waals surface area contributed by atoms with Crippen LogP contribution in [0.15, 0.2) is 0 Å². The first-order chi connectivity index (χ1) is 5.95. The number of hydrogen-bond donors (Lipinski definition) is 1. The second kappa shape index (κ2) is 3.95. The van der Waals surface area contributed by atoms with E-state index in [0.29, 0.717) is 0 Å². The summed E-state index contributed by atoms with van der Waals surface area (Å²) in [4.78, 5) is 2.44. The lowest BCUT2D eigenvalue weighted by Gasteiger charge is -2.43. The van der Waals surface area contributed by atoms with Gasteiger partial charge in [0.25, 0.3) is 0 Å². The van der Waals surface area contributed by atoms with Crippen molar-refractivity contribution in [3.63, 3.8) is 0 Å². The first kappa shape index (κ1) is 11.0. The fourth-order valence-corrected chi connectivity index (χ4v) is 1.79. The van der Waals surface area contributed by atoms with Gasteiger partial charge in [0.15, 0.2) is 0 Å². The molecule has 2 N–H and O–H groups in total. The van der Waals surface area contributed by atoms with Crippen molar-refractivity contribution in [1.82, 2.24) is 4.90 Å². The first-order valence-corrected chi connectivity index (χ1v) is 4.98. The van der Waals surface area contributed by atoms with Gasteiger partial charge in [-0.3, -0.25) is 4.90 Å². The largest absolute Gasteiger partial charge is 0.379 e. The van der Waals surface area contributed by atoms with Crippen LogP contribution >= 0.6 is 0 Å². The molecule has 3 heteroatoms. The molecule has 78 valence electrons. The van der Waals surface area contributed by atoms with Crippen LogP contribution in [0.5, 0.6) is 0 Å². The Bertz CT molecular complexity index is 165. The minimum atomic E-state index is 0.202. The average Bonchev–Trinajstić information content (AvgIpc) is 2.03. The van der Waals surface area contributed by atoms with Crippen LogP contribution in [-0.2, 0) is 4.74 Å². The summed E-state index contributed by atoms with van der Waals surface area (Å²) < 4.78 is 5.36. The highest BCUT2D eigenvalue weighted by Gasteiger charge is 2.31. The van der Waals surface area contributed by atoms with Gasteiger partial charge < -0.3 is 10.5 Å². The van der Waals surface area contributed by atoms with Crippen molar-refractivity contribution in [3.8, 4) is 0 Å². The molecule has 0 aromatic carbocycles. The van der Waals surface area contributed by atoms with Gasteiger partial charge in [-0.15, -0.1) is 0 Å². The lowest BCUT2D eigenvalue weighted by Crippen LogP contribution is -2.56. The molecule has 3 nitrogen and oxygen atoms in total. The molecule has 0 saturated carbocycles. The Hall–Kier alpha value is -0.120. The van der Waals surface area contributed by atoms with Crippen molar-refractivity contribution in [3.05, 3.63) is 0 Å². The molecule has 1 aliphatic rings. The number of methoxy groups -OCH3 is 1. The molecule has 0 aliphatic carbocycles. The Kier molecular flexibility index (Phi) is 3.33. The standard InChI is InChI=1S/C10H22N2O/c1-10(2,3)12-6-5-8(11)9(7-12)13-4/h8-9H,5-7,11H2,1-4H3. The molecule has 1 rings (SSSR count). The highest BCUT2D eigenvalue weighted by atomic mass is 16.5. The third kappa shape index (κ3) is 2.66. The van der Waals surface area contributed by atoms with Crippen LogP contribution in [0.2, 0.25) is 0 Å². The molecule has 1 saturated heterocycles. The van der Waals surface area contributed by atoms with Gasteiger partial charge in [0.2, 0.25) is 0 Å². The number of hydrogen-bond acceptors (Lipinski definition) is 3. The summed E-state index contributed by atoms with van der Waals surface area (Å²) in [5.41, 5.74) is 6.18. The van der Waals surface area contributed by atoms with E-state index in [1.165, 1.54) is 0 Å². The topological polar surface area (TPSA) is 38.5 Å². The Morgan fingerprint density at radius 1 is 1.38 bits per heavy atom. The number of likely N-dealkylation sites (tertiary alicyclic amines) is 1. The van der Waals surface area contributed by atoms with Crippen molar-refractivity contribution in [2.24, 2.45) is 5.73 Å². The number of nitrogens with two attached hydrogens (primary N) is 1. The van der Waals surface area contributed by atoms with Crippen molar-refractivity contribution in [2.45, 2.75) is 44.9 Å². The number of nitrogens with zero attached hydrogens (tertiary/aromatic N) is 1. The van der Waals surface area contributed by atoms with Crippen LogP contribution in [0.3, 0.4) is 0 Å². The van der Waals surface area contributed by atoms with Crippen LogP contribution < -0.4 is 5.73 Å². The van der Waals surface area contributed by atoms with Gasteiger partial charge in [-0.25, -0.2) is 0 Å². The third-order valence-corrected chi connectivity index (χ3v) is 2.86. The summed E-state index contributed by atoms with van der Waals surface area (Å²) in [6, 6.07) is 0.212. The molecule has 0 amide bonds. The normalized spacial score (nSPS) is 32.1. The van der Waals surface area contributed by atoms with E-state index >= 15 is 0 Å². The van der Waals surface area contributed by atoms with Crippen molar-refractivity contribution in [1.29, 1.82) is 0 Å². The van der Waals surface area contributed by atoms with Gasteiger partial charge in [-0.1, -0.05) is 0 Å². The summed E-state index contributed by atoms with van der Waals surface area (Å²) in [6.07, 6.45) is 1.24. The molecule has 13 heavy (non-hydrogen) atoms. The van der Waals surface area contributed by atoms with E-state index in [1.807, 2.05) is 0 Å². The van der Waals surface area contributed by atoms with Crippen LogP contribution in [-0.4, -0.2) is 42.8 Å². The van der Waals surface area contributed by atoms with Crippen molar-refractivity contribution >= 4 is 0 Å². The minimum Gasteiger partial charge on any atom is -0.379 e. The van der Waals surface area contributed by atoms with Crippen LogP contribution in [0, 0.1) is 0 Å². The number of rotatable bonds is 1. The molecule has 0 aromatic rings. The molecule has 0 bridgehead atoms. The molecule has 2 atom stereocenters. The quantitative estimate of drug-likeness (QED) is 0.659. The Morgan fingerprint density at radius 2 is 2.00 bits per heavy atom. The van der Waals surface area contributed by atoms with Gasteiger partial charge in [-0.2, -0.15) is 0 Å². The van der Waals surface area contributed by atoms with E-state index in [4.69, 9.17) is 10.5 Å². The fraction of sp³-hybridized carbons (Fsp3) is 1.00. The maximum atomic E-state index is 5.94. The van der Waals surface area contributed by atoms with Crippen molar-refractivity contribution < 1.29 is 4.74 Å². The van der Waals surface area contributed by atoms with Gasteiger partial charge in [0.05, 0.1) is 6.10 Å². The summed E-state index contributed by atoms with van der Waals surface area (Å²) in [7, 11) is 1.75. The third-order valence-electron chi connectivity index (χ3n) is 2.86. The predicted molar refractivity (Wildman–Crippen MR) is 54.7 cm³/mol. The molecular weight excluding hydrogens is 164 g/mol. The maximum Gasteiger partial charge on any atom is 0.0849 e. The average molecular weight is 186 g/mol. The molecule has 0 aromatic heterocycles. The Labute approximate surface area is 81.2 Å². The molecule has 2 unspecified atom stereocenters. The summed E-state index contributed by atoms with van der Waals surface area (Å²) in [6.45, 7) is 8.75.